The molecule has 11 nitrogen and oxygen atoms in total. The highest BCUT2D eigenvalue weighted by Crippen LogP contribution is 2.44. The minimum Gasteiger partial charge on any atom is -0.393 e. The molecule has 0 spiro atoms. The number of thiophene rings is 1. The number of pyridine rings is 1. The number of nitrogens with zero attached hydrogens (tertiary/aromatic N) is 3. The number of fused-ring (bicyclic) bond motifs is 1. The number of ketones is 1. The van der Waals surface area contributed by atoms with Gasteiger partial charge in [-0.1, -0.05) is 6.07 Å². The molecule has 0 bridgehead atoms. The normalized spacial score (nSPS) is 24.3. The van der Waals surface area contributed by atoms with E-state index >= 15 is 0 Å². The average molecular weight is 582 g/mol. The van der Waals surface area contributed by atoms with Crippen molar-refractivity contribution >= 4 is 33.2 Å². The average Bonchev–Trinajstić information content (AvgIpc) is 3.44. The molecule has 4 heterocycles. The number of anilines is 1. The predicted molar refractivity (Wildman–Crippen MR) is 136 cm³/mol. The highest BCUT2D eigenvalue weighted by atomic mass is 32.2. The second-order valence-electron chi connectivity index (χ2n) is 9.49. The highest BCUT2D eigenvalue weighted by molar-refractivity contribution is 7.84. The first kappa shape index (κ1) is 27.6. The van der Waals surface area contributed by atoms with Crippen molar-refractivity contribution in [3.8, 4) is 0 Å². The summed E-state index contributed by atoms with van der Waals surface area (Å²) >= 11 is 1.20. The first-order valence-electron chi connectivity index (χ1n) is 11.9. The molecule has 5 rings (SSSR count). The Morgan fingerprint density at radius 2 is 2.13 bits per heavy atom. The molecule has 3 aromatic heterocycles. The number of hydrogen-bond acceptors (Lipinski definition) is 11. The molecule has 4 atom stereocenters. The van der Waals surface area contributed by atoms with Crippen LogP contribution in [0.25, 0.3) is 0 Å². The smallest absolute Gasteiger partial charge is 0.333 e. The van der Waals surface area contributed by atoms with Gasteiger partial charge in [0.2, 0.25) is 5.78 Å². The fourth-order valence-electron chi connectivity index (χ4n) is 4.93. The summed E-state index contributed by atoms with van der Waals surface area (Å²) in [5.41, 5.74) is 0.687. The van der Waals surface area contributed by atoms with Gasteiger partial charge >= 0.3 is 16.2 Å². The van der Waals surface area contributed by atoms with Crippen LogP contribution in [0.3, 0.4) is 0 Å². The number of hydrogen-bond donors (Lipinski definition) is 3. The van der Waals surface area contributed by atoms with Crippen LogP contribution in [-0.2, 0) is 25.1 Å². The molecule has 0 radical (unpaired) electrons. The van der Waals surface area contributed by atoms with Crippen molar-refractivity contribution in [2.24, 2.45) is 11.1 Å². The number of aliphatic hydroxyl groups is 1. The van der Waals surface area contributed by atoms with E-state index in [0.29, 0.717) is 16.9 Å². The number of ether oxygens (including phenoxy) is 1. The SMILES string of the molecule is Cc1sc(C(=O)c2cncnc2N[C@@H]2C[C@H](COS(N)(=O)=O)[C@@H](O)C2)cc1C1OCC(F)(F)c2ncccc21. The van der Waals surface area contributed by atoms with Crippen molar-refractivity contribution in [1.82, 2.24) is 15.0 Å². The minimum absolute atomic E-state index is 0.183. The van der Waals surface area contributed by atoms with Crippen LogP contribution in [0.4, 0.5) is 14.6 Å². The molecule has 1 unspecified atom stereocenters. The summed E-state index contributed by atoms with van der Waals surface area (Å²) in [5, 5.41) is 18.4. The van der Waals surface area contributed by atoms with Gasteiger partial charge in [-0.2, -0.15) is 17.2 Å². The summed E-state index contributed by atoms with van der Waals surface area (Å²) in [6.45, 7) is 0.698. The molecule has 3 aromatic rings. The van der Waals surface area contributed by atoms with E-state index in [4.69, 9.17) is 9.88 Å². The van der Waals surface area contributed by atoms with Gasteiger partial charge in [-0.3, -0.25) is 14.0 Å². The largest absolute Gasteiger partial charge is 0.393 e. The van der Waals surface area contributed by atoms with Crippen molar-refractivity contribution in [2.75, 3.05) is 18.5 Å². The number of nitrogens with two attached hydrogens (primary N) is 1. The maximum absolute atomic E-state index is 14.4. The van der Waals surface area contributed by atoms with E-state index in [-0.39, 0.29) is 47.5 Å². The number of halogens is 2. The molecule has 208 valence electrons. The van der Waals surface area contributed by atoms with Crippen LogP contribution >= 0.6 is 11.3 Å². The molecule has 1 fully saturated rings. The molecule has 1 aliphatic heterocycles. The third kappa shape index (κ3) is 5.83. The topological polar surface area (TPSA) is 167 Å². The Bertz CT molecular complexity index is 1500. The third-order valence-corrected chi connectivity index (χ3v) is 8.29. The zero-order valence-electron chi connectivity index (χ0n) is 20.6. The lowest BCUT2D eigenvalue weighted by atomic mass is 9.95. The van der Waals surface area contributed by atoms with Gasteiger partial charge < -0.3 is 15.2 Å². The maximum Gasteiger partial charge on any atom is 0.333 e. The van der Waals surface area contributed by atoms with Crippen molar-refractivity contribution in [2.45, 2.75) is 43.9 Å². The van der Waals surface area contributed by atoms with Crippen LogP contribution in [0.15, 0.2) is 36.9 Å². The van der Waals surface area contributed by atoms with E-state index in [0.717, 1.165) is 4.88 Å². The quantitative estimate of drug-likeness (QED) is 0.336. The number of alkyl halides is 2. The Morgan fingerprint density at radius 1 is 1.33 bits per heavy atom. The second kappa shape index (κ2) is 10.6. The van der Waals surface area contributed by atoms with Gasteiger partial charge in [0.1, 0.15) is 30.5 Å². The van der Waals surface area contributed by atoms with Crippen molar-refractivity contribution in [3.05, 3.63) is 69.1 Å². The molecule has 15 heteroatoms. The Balaban J connectivity index is 1.36. The number of rotatable bonds is 8. The lowest BCUT2D eigenvalue weighted by molar-refractivity contribution is -0.119. The number of aryl methyl sites for hydroxylation is 1. The number of aromatic nitrogens is 3. The molecular formula is C24H25F2N5O6S2. The van der Waals surface area contributed by atoms with Crippen LogP contribution in [0.1, 0.15) is 55.9 Å². The molecule has 1 saturated carbocycles. The van der Waals surface area contributed by atoms with Gasteiger partial charge in [-0.15, -0.1) is 11.3 Å². The van der Waals surface area contributed by atoms with Crippen LogP contribution in [0, 0.1) is 12.8 Å². The Kier molecular flexibility index (Phi) is 7.47. The van der Waals surface area contributed by atoms with Gasteiger partial charge in [0.05, 0.1) is 23.2 Å². The van der Waals surface area contributed by atoms with Crippen LogP contribution < -0.4 is 10.5 Å². The summed E-state index contributed by atoms with van der Waals surface area (Å²) in [5.74, 6) is -3.83. The minimum atomic E-state index is -4.14. The Labute approximate surface area is 226 Å². The van der Waals surface area contributed by atoms with Gasteiger partial charge in [-0.25, -0.2) is 15.1 Å². The number of carbonyl (C=O) groups excluding carboxylic acids is 1. The Morgan fingerprint density at radius 3 is 2.90 bits per heavy atom. The summed E-state index contributed by atoms with van der Waals surface area (Å²) in [6.07, 6.45) is 2.95. The second-order valence-corrected chi connectivity index (χ2v) is 12.0. The molecule has 0 saturated heterocycles. The lowest BCUT2D eigenvalue weighted by Gasteiger charge is -2.30. The van der Waals surface area contributed by atoms with E-state index in [1.54, 1.807) is 25.1 Å². The fourth-order valence-corrected chi connectivity index (χ4v) is 6.29. The first-order valence-corrected chi connectivity index (χ1v) is 14.2. The van der Waals surface area contributed by atoms with E-state index < -0.39 is 41.0 Å². The van der Waals surface area contributed by atoms with E-state index in [9.17, 15) is 27.1 Å². The molecule has 4 N–H and O–H groups in total. The number of aliphatic hydroxyl groups excluding tert-OH is 1. The summed E-state index contributed by atoms with van der Waals surface area (Å²) in [4.78, 5) is 26.7. The molecular weight excluding hydrogens is 556 g/mol. The molecule has 0 aromatic carbocycles. The zero-order valence-corrected chi connectivity index (χ0v) is 22.2. The van der Waals surface area contributed by atoms with E-state index in [1.807, 2.05) is 0 Å². The Hall–Kier alpha value is -2.95. The van der Waals surface area contributed by atoms with Crippen LogP contribution in [-0.4, -0.2) is 59.6 Å². The number of carbonyl (C=O) groups is 1. The monoisotopic (exact) mass is 581 g/mol. The summed E-state index contributed by atoms with van der Waals surface area (Å²) < 4.78 is 61.1. The summed E-state index contributed by atoms with van der Waals surface area (Å²) in [6, 6.07) is 4.42. The highest BCUT2D eigenvalue weighted by Gasteiger charge is 2.44. The van der Waals surface area contributed by atoms with Gasteiger partial charge in [0, 0.05) is 34.8 Å². The standard InChI is InChI=1S/C24H25F2N5O6S2/c1-12-16(21-15-3-2-4-29-22(15)24(25,26)10-36-21)7-19(38-12)20(33)17-8-28-11-30-23(17)31-14-5-13(18(32)6-14)9-37-39(27,34)35/h2-4,7-8,11,13-14,18,21,32H,5-6,9-10H2,1H3,(H2,27,34,35)(H,28,30,31)/t13-,14-,18+,21?/m1/s1. The third-order valence-electron chi connectivity index (χ3n) is 6.76. The van der Waals surface area contributed by atoms with E-state index in [1.165, 1.54) is 30.1 Å². The molecule has 0 amide bonds. The van der Waals surface area contributed by atoms with Crippen molar-refractivity contribution < 1.29 is 36.0 Å². The van der Waals surface area contributed by atoms with Crippen molar-refractivity contribution in [1.29, 1.82) is 0 Å². The molecule has 39 heavy (non-hydrogen) atoms. The van der Waals surface area contributed by atoms with Gasteiger partial charge in [0.15, 0.2) is 0 Å². The summed E-state index contributed by atoms with van der Waals surface area (Å²) in [7, 11) is -4.14. The predicted octanol–water partition coefficient (Wildman–Crippen LogP) is 2.46. The number of nitrogens with one attached hydrogen (secondary N) is 1. The molecule has 2 aliphatic rings. The molecule has 1 aliphatic carbocycles. The van der Waals surface area contributed by atoms with Gasteiger partial charge in [0.25, 0.3) is 0 Å². The maximum atomic E-state index is 14.4. The van der Waals surface area contributed by atoms with Crippen LogP contribution in [0.2, 0.25) is 0 Å². The van der Waals surface area contributed by atoms with E-state index in [2.05, 4.69) is 24.5 Å². The van der Waals surface area contributed by atoms with Crippen molar-refractivity contribution in [3.63, 3.8) is 0 Å². The lowest BCUT2D eigenvalue weighted by Crippen LogP contribution is -2.32. The van der Waals surface area contributed by atoms with Crippen LogP contribution in [0.5, 0.6) is 0 Å². The van der Waals surface area contributed by atoms with Gasteiger partial charge in [-0.05, 0) is 37.5 Å². The zero-order chi connectivity index (χ0) is 27.9. The first-order chi connectivity index (χ1) is 18.4. The fraction of sp³-hybridized carbons (Fsp3) is 0.417.